The molecule has 0 saturated carbocycles. The first-order chi connectivity index (χ1) is 8.58. The third-order valence-electron chi connectivity index (χ3n) is 2.21. The first-order valence-corrected chi connectivity index (χ1v) is 5.97. The second-order valence-corrected chi connectivity index (χ2v) is 3.65. The van der Waals surface area contributed by atoms with Crippen LogP contribution in [-0.4, -0.2) is 7.11 Å². The third-order valence-corrected chi connectivity index (χ3v) is 2.21. The van der Waals surface area contributed by atoms with E-state index in [1.54, 1.807) is 13.2 Å². The van der Waals surface area contributed by atoms with E-state index in [2.05, 4.69) is 6.58 Å². The summed E-state index contributed by atoms with van der Waals surface area (Å²) in [5, 5.41) is 0. The van der Waals surface area contributed by atoms with Gasteiger partial charge in [-0.25, -0.2) is 0 Å². The molecule has 0 bridgehead atoms. The fourth-order valence-corrected chi connectivity index (χ4v) is 1.39. The van der Waals surface area contributed by atoms with E-state index >= 15 is 0 Å². The highest BCUT2D eigenvalue weighted by Gasteiger charge is 2.07. The molecule has 100 valence electrons. The first-order valence-electron chi connectivity index (χ1n) is 5.97. The molecule has 2 N–H and O–H groups in total. The zero-order chi connectivity index (χ0) is 14.1. The Labute approximate surface area is 110 Å². The average molecular weight is 249 g/mol. The van der Waals surface area contributed by atoms with Gasteiger partial charge in [0, 0.05) is 5.56 Å². The number of benzene rings is 1. The van der Waals surface area contributed by atoms with Crippen molar-refractivity contribution in [1.29, 1.82) is 0 Å². The summed E-state index contributed by atoms with van der Waals surface area (Å²) in [6, 6.07) is 5.74. The van der Waals surface area contributed by atoms with Gasteiger partial charge in [-0.2, -0.15) is 5.90 Å². The van der Waals surface area contributed by atoms with Crippen molar-refractivity contribution in [3.8, 4) is 5.75 Å². The molecule has 0 amide bonds. The summed E-state index contributed by atoms with van der Waals surface area (Å²) in [5.41, 5.74) is 2.85. The summed E-state index contributed by atoms with van der Waals surface area (Å²) in [4.78, 5) is 4.87. The molecule has 0 fully saturated rings. The molecule has 3 nitrogen and oxygen atoms in total. The number of methoxy groups -OCH3 is 1. The van der Waals surface area contributed by atoms with Crippen LogP contribution in [0.3, 0.4) is 0 Å². The van der Waals surface area contributed by atoms with Crippen molar-refractivity contribution >= 4 is 5.76 Å². The SMILES string of the molecule is C=C(C)/C=C(/ON)c1cc(OC)ccc1C.CC. The Morgan fingerprint density at radius 3 is 2.39 bits per heavy atom. The van der Waals surface area contributed by atoms with Gasteiger partial charge in [0.2, 0.25) is 0 Å². The monoisotopic (exact) mass is 249 g/mol. The van der Waals surface area contributed by atoms with E-state index in [0.29, 0.717) is 5.76 Å². The Balaban J connectivity index is 0.00000137. The number of hydrogen-bond donors (Lipinski definition) is 1. The minimum absolute atomic E-state index is 0.587. The molecule has 0 aliphatic rings. The number of aryl methyl sites for hydroxylation is 1. The quantitative estimate of drug-likeness (QED) is 0.501. The zero-order valence-corrected chi connectivity index (χ0v) is 11.9. The molecule has 0 heterocycles. The fourth-order valence-electron chi connectivity index (χ4n) is 1.39. The van der Waals surface area contributed by atoms with E-state index in [0.717, 1.165) is 22.4 Å². The van der Waals surface area contributed by atoms with Crippen molar-refractivity contribution in [2.75, 3.05) is 7.11 Å². The topological polar surface area (TPSA) is 44.5 Å². The van der Waals surface area contributed by atoms with Gasteiger partial charge in [-0.3, -0.25) is 0 Å². The smallest absolute Gasteiger partial charge is 0.154 e. The predicted molar refractivity (Wildman–Crippen MR) is 77.1 cm³/mol. The standard InChI is InChI=1S/C13H17NO2.C2H6/c1-9(2)7-13(16-14)12-8-11(15-4)6-5-10(12)3;1-2/h5-8H,1,14H2,2-4H3;1-2H3/b13-7+;. The van der Waals surface area contributed by atoms with Gasteiger partial charge < -0.3 is 9.57 Å². The van der Waals surface area contributed by atoms with Crippen molar-refractivity contribution in [1.82, 2.24) is 0 Å². The number of ether oxygens (including phenoxy) is 1. The molecule has 0 aromatic heterocycles. The van der Waals surface area contributed by atoms with E-state index in [1.807, 2.05) is 45.9 Å². The fraction of sp³-hybridized carbons (Fsp3) is 0.333. The number of nitrogens with two attached hydrogens (primary N) is 1. The van der Waals surface area contributed by atoms with E-state index < -0.39 is 0 Å². The molecule has 0 atom stereocenters. The lowest BCUT2D eigenvalue weighted by Crippen LogP contribution is -2.01. The van der Waals surface area contributed by atoms with Crippen LogP contribution in [0.4, 0.5) is 0 Å². The first kappa shape index (κ1) is 16.3. The third kappa shape index (κ3) is 4.63. The van der Waals surface area contributed by atoms with Gasteiger partial charge in [0.25, 0.3) is 0 Å². The highest BCUT2D eigenvalue weighted by molar-refractivity contribution is 5.66. The summed E-state index contributed by atoms with van der Waals surface area (Å²) in [6.45, 7) is 11.7. The predicted octanol–water partition coefficient (Wildman–Crippen LogP) is 3.84. The van der Waals surface area contributed by atoms with Gasteiger partial charge in [-0.1, -0.05) is 32.1 Å². The largest absolute Gasteiger partial charge is 0.497 e. The maximum Gasteiger partial charge on any atom is 0.154 e. The molecule has 3 heteroatoms. The highest BCUT2D eigenvalue weighted by atomic mass is 16.6. The lowest BCUT2D eigenvalue weighted by Gasteiger charge is -2.10. The molecule has 0 aliphatic heterocycles. The molecular weight excluding hydrogens is 226 g/mol. The van der Waals surface area contributed by atoms with Crippen LogP contribution < -0.4 is 10.6 Å². The Morgan fingerprint density at radius 2 is 1.94 bits per heavy atom. The lowest BCUT2D eigenvalue weighted by atomic mass is 10.1. The van der Waals surface area contributed by atoms with E-state index in [4.69, 9.17) is 15.5 Å². The van der Waals surface area contributed by atoms with Gasteiger partial charge in [-0.05, 0) is 37.6 Å². The average Bonchev–Trinajstić information content (AvgIpc) is 2.39. The van der Waals surface area contributed by atoms with Gasteiger partial charge in [0.15, 0.2) is 5.76 Å². The van der Waals surface area contributed by atoms with Crippen LogP contribution in [0.25, 0.3) is 5.76 Å². The minimum Gasteiger partial charge on any atom is -0.497 e. The molecule has 1 rings (SSSR count). The summed E-state index contributed by atoms with van der Waals surface area (Å²) < 4.78 is 5.16. The summed E-state index contributed by atoms with van der Waals surface area (Å²) in [5.74, 6) is 6.62. The van der Waals surface area contributed by atoms with E-state index in [-0.39, 0.29) is 0 Å². The minimum atomic E-state index is 0.587. The van der Waals surface area contributed by atoms with Crippen LogP contribution in [0.15, 0.2) is 36.4 Å². The molecule has 1 aromatic rings. The molecular formula is C15H23NO2. The highest BCUT2D eigenvalue weighted by Crippen LogP contribution is 2.24. The number of hydrogen-bond acceptors (Lipinski definition) is 3. The van der Waals surface area contributed by atoms with Crippen LogP contribution >= 0.6 is 0 Å². The Bertz CT molecular complexity index is 423. The summed E-state index contributed by atoms with van der Waals surface area (Å²) in [6.07, 6.45) is 1.79. The van der Waals surface area contributed by atoms with Crippen molar-refractivity contribution in [3.05, 3.63) is 47.6 Å². The lowest BCUT2D eigenvalue weighted by molar-refractivity contribution is 0.290. The van der Waals surface area contributed by atoms with Crippen molar-refractivity contribution in [3.63, 3.8) is 0 Å². The normalized spacial score (nSPS) is 10.2. The molecule has 0 aliphatic carbocycles. The van der Waals surface area contributed by atoms with Gasteiger partial charge in [0.05, 0.1) is 7.11 Å². The zero-order valence-electron chi connectivity index (χ0n) is 11.9. The molecule has 18 heavy (non-hydrogen) atoms. The number of rotatable bonds is 4. The van der Waals surface area contributed by atoms with Crippen LogP contribution in [0.5, 0.6) is 5.75 Å². The van der Waals surface area contributed by atoms with Gasteiger partial charge in [-0.15, -0.1) is 0 Å². The Hall–Kier alpha value is -1.74. The Kier molecular flexibility index (Phi) is 7.56. The molecule has 0 saturated heterocycles. The number of allylic oxidation sites excluding steroid dienone is 2. The summed E-state index contributed by atoms with van der Waals surface area (Å²) >= 11 is 0. The maximum atomic E-state index is 5.26. The molecule has 1 aromatic carbocycles. The Morgan fingerprint density at radius 1 is 1.33 bits per heavy atom. The molecule has 0 spiro atoms. The maximum absolute atomic E-state index is 5.26. The van der Waals surface area contributed by atoms with Crippen LogP contribution in [0.1, 0.15) is 31.9 Å². The van der Waals surface area contributed by atoms with Gasteiger partial charge >= 0.3 is 0 Å². The van der Waals surface area contributed by atoms with Crippen LogP contribution in [0.2, 0.25) is 0 Å². The second-order valence-electron chi connectivity index (χ2n) is 3.65. The van der Waals surface area contributed by atoms with Crippen molar-refractivity contribution in [2.45, 2.75) is 27.7 Å². The second kappa shape index (κ2) is 8.37. The summed E-state index contributed by atoms with van der Waals surface area (Å²) in [7, 11) is 1.62. The van der Waals surface area contributed by atoms with E-state index in [1.165, 1.54) is 0 Å². The molecule has 0 radical (unpaired) electrons. The van der Waals surface area contributed by atoms with Crippen LogP contribution in [0, 0.1) is 6.92 Å². The van der Waals surface area contributed by atoms with Crippen LogP contribution in [-0.2, 0) is 4.84 Å². The van der Waals surface area contributed by atoms with Crippen molar-refractivity contribution < 1.29 is 9.57 Å². The van der Waals surface area contributed by atoms with E-state index in [9.17, 15) is 0 Å². The van der Waals surface area contributed by atoms with Gasteiger partial charge in [0.1, 0.15) is 5.75 Å². The molecule has 0 unspecified atom stereocenters. The van der Waals surface area contributed by atoms with Crippen molar-refractivity contribution in [2.24, 2.45) is 5.90 Å².